The minimum absolute atomic E-state index is 0.0142. The number of aliphatic hydroxyl groups excluding tert-OH is 1. The van der Waals surface area contributed by atoms with Gasteiger partial charge in [-0.1, -0.05) is 6.92 Å². The molecule has 1 N–H and O–H groups in total. The molecule has 0 aliphatic rings. The number of halogens is 3. The third kappa shape index (κ3) is 5.72. The molecule has 0 amide bonds. The average Bonchev–Trinajstić information content (AvgIpc) is 2.02. The summed E-state index contributed by atoms with van der Waals surface area (Å²) in [5, 5.41) is 5.09. The van der Waals surface area contributed by atoms with Crippen molar-refractivity contribution in [3.05, 3.63) is 0 Å². The molecular weight excluding hydrogens is 238 g/mol. The molecule has 1 unspecified atom stereocenters. The van der Waals surface area contributed by atoms with Crippen LogP contribution in [0.25, 0.3) is 0 Å². The Kier molecular flexibility index (Phi) is 5.25. The molecule has 7 heteroatoms. The molecule has 14 heavy (non-hydrogen) atoms. The van der Waals surface area contributed by atoms with Crippen LogP contribution in [0.4, 0.5) is 8.78 Å². The first-order valence-corrected chi connectivity index (χ1v) is 6.34. The van der Waals surface area contributed by atoms with E-state index in [4.69, 9.17) is 5.11 Å². The SMILES string of the molecule is CCS(=O)(=O)CCCC(O)C(F)(F)Cl. The highest BCUT2D eigenvalue weighted by molar-refractivity contribution is 7.91. The Morgan fingerprint density at radius 1 is 1.50 bits per heavy atom. The van der Waals surface area contributed by atoms with Gasteiger partial charge in [0.05, 0.1) is 5.75 Å². The van der Waals surface area contributed by atoms with E-state index in [1.807, 2.05) is 0 Å². The first kappa shape index (κ1) is 14.1. The van der Waals surface area contributed by atoms with Crippen molar-refractivity contribution >= 4 is 21.4 Å². The van der Waals surface area contributed by atoms with Gasteiger partial charge in [-0.25, -0.2) is 8.42 Å². The van der Waals surface area contributed by atoms with Gasteiger partial charge in [-0.3, -0.25) is 0 Å². The van der Waals surface area contributed by atoms with Crippen LogP contribution in [0.3, 0.4) is 0 Å². The van der Waals surface area contributed by atoms with Gasteiger partial charge in [0, 0.05) is 5.75 Å². The molecule has 1 atom stereocenters. The number of hydrogen-bond acceptors (Lipinski definition) is 3. The molecule has 0 fully saturated rings. The molecule has 0 heterocycles. The van der Waals surface area contributed by atoms with Crippen LogP contribution in [-0.2, 0) is 9.84 Å². The molecule has 86 valence electrons. The molecule has 0 aliphatic carbocycles. The number of aliphatic hydroxyl groups is 1. The summed E-state index contributed by atoms with van der Waals surface area (Å²) >= 11 is 4.53. The monoisotopic (exact) mass is 250 g/mol. The van der Waals surface area contributed by atoms with Gasteiger partial charge in [-0.05, 0) is 24.4 Å². The topological polar surface area (TPSA) is 54.4 Å². The van der Waals surface area contributed by atoms with Gasteiger partial charge >= 0.3 is 5.38 Å². The molecule has 0 spiro atoms. The summed E-state index contributed by atoms with van der Waals surface area (Å²) in [7, 11) is -3.16. The minimum atomic E-state index is -3.68. The molecule has 0 aliphatic heterocycles. The maximum absolute atomic E-state index is 12.2. The van der Waals surface area contributed by atoms with E-state index in [0.29, 0.717) is 0 Å². The predicted octanol–water partition coefficient (Wildman–Crippen LogP) is 1.39. The Morgan fingerprint density at radius 3 is 2.36 bits per heavy atom. The van der Waals surface area contributed by atoms with Crippen molar-refractivity contribution in [2.24, 2.45) is 0 Å². The third-order valence-electron chi connectivity index (χ3n) is 1.75. The summed E-state index contributed by atoms with van der Waals surface area (Å²) in [6, 6.07) is 0. The quantitative estimate of drug-likeness (QED) is 0.725. The van der Waals surface area contributed by atoms with Crippen LogP contribution in [0, 0.1) is 0 Å². The second kappa shape index (κ2) is 5.23. The van der Waals surface area contributed by atoms with Gasteiger partial charge in [-0.2, -0.15) is 8.78 Å². The van der Waals surface area contributed by atoms with Crippen molar-refractivity contribution in [3.8, 4) is 0 Å². The molecule has 3 nitrogen and oxygen atoms in total. The molecule has 0 aromatic rings. The number of sulfone groups is 1. The molecule has 0 rings (SSSR count). The largest absolute Gasteiger partial charge is 0.385 e. The second-order valence-corrected chi connectivity index (χ2v) is 5.91. The van der Waals surface area contributed by atoms with E-state index in [-0.39, 0.29) is 24.3 Å². The van der Waals surface area contributed by atoms with E-state index in [2.05, 4.69) is 11.6 Å². The lowest BCUT2D eigenvalue weighted by Crippen LogP contribution is -2.27. The lowest BCUT2D eigenvalue weighted by Gasteiger charge is -2.15. The third-order valence-corrected chi connectivity index (χ3v) is 3.79. The number of hydrogen-bond donors (Lipinski definition) is 1. The molecule has 0 saturated heterocycles. The Labute approximate surface area is 87.0 Å². The Balaban J connectivity index is 3.87. The normalized spacial score (nSPS) is 15.5. The van der Waals surface area contributed by atoms with Crippen LogP contribution in [0.5, 0.6) is 0 Å². The predicted molar refractivity (Wildman–Crippen MR) is 50.4 cm³/mol. The van der Waals surface area contributed by atoms with E-state index >= 15 is 0 Å². The van der Waals surface area contributed by atoms with E-state index < -0.39 is 21.3 Å². The van der Waals surface area contributed by atoms with Crippen LogP contribution in [-0.4, -0.2) is 36.5 Å². The fraction of sp³-hybridized carbons (Fsp3) is 1.00. The van der Waals surface area contributed by atoms with Crippen LogP contribution in [0.15, 0.2) is 0 Å². The van der Waals surface area contributed by atoms with Gasteiger partial charge < -0.3 is 5.11 Å². The maximum Gasteiger partial charge on any atom is 0.347 e. The van der Waals surface area contributed by atoms with Crippen molar-refractivity contribution in [2.45, 2.75) is 31.3 Å². The van der Waals surface area contributed by atoms with Crippen LogP contribution >= 0.6 is 11.6 Å². The average molecular weight is 251 g/mol. The van der Waals surface area contributed by atoms with Crippen molar-refractivity contribution in [1.82, 2.24) is 0 Å². The smallest absolute Gasteiger partial charge is 0.347 e. The highest BCUT2D eigenvalue weighted by Crippen LogP contribution is 2.26. The molecule has 0 aromatic heterocycles. The van der Waals surface area contributed by atoms with Crippen LogP contribution < -0.4 is 0 Å². The lowest BCUT2D eigenvalue weighted by atomic mass is 10.2. The molecule has 0 saturated carbocycles. The van der Waals surface area contributed by atoms with Gasteiger partial charge in [0.15, 0.2) is 0 Å². The Hall–Kier alpha value is 0.0600. The van der Waals surface area contributed by atoms with Crippen molar-refractivity contribution < 1.29 is 22.3 Å². The number of alkyl halides is 3. The summed E-state index contributed by atoms with van der Waals surface area (Å²) in [6.07, 6.45) is -2.33. The summed E-state index contributed by atoms with van der Waals surface area (Å²) in [5.41, 5.74) is 0. The lowest BCUT2D eigenvalue weighted by molar-refractivity contribution is -0.0443. The fourth-order valence-corrected chi connectivity index (χ4v) is 1.81. The second-order valence-electron chi connectivity index (χ2n) is 2.94. The summed E-state index contributed by atoms with van der Waals surface area (Å²) in [4.78, 5) is 0. The van der Waals surface area contributed by atoms with Gasteiger partial charge in [0.25, 0.3) is 0 Å². The zero-order valence-corrected chi connectivity index (χ0v) is 9.28. The Morgan fingerprint density at radius 2 is 2.00 bits per heavy atom. The minimum Gasteiger partial charge on any atom is -0.385 e. The highest BCUT2D eigenvalue weighted by atomic mass is 35.5. The highest BCUT2D eigenvalue weighted by Gasteiger charge is 2.35. The van der Waals surface area contributed by atoms with Crippen molar-refractivity contribution in [3.63, 3.8) is 0 Å². The van der Waals surface area contributed by atoms with Gasteiger partial charge in [-0.15, -0.1) is 0 Å². The van der Waals surface area contributed by atoms with E-state index in [1.54, 1.807) is 0 Å². The molecule has 0 radical (unpaired) electrons. The fourth-order valence-electron chi connectivity index (χ4n) is 0.805. The molecular formula is C7H13ClF2O3S. The first-order valence-electron chi connectivity index (χ1n) is 4.14. The Bertz CT molecular complexity index is 261. The van der Waals surface area contributed by atoms with E-state index in [9.17, 15) is 17.2 Å². The van der Waals surface area contributed by atoms with Crippen LogP contribution in [0.1, 0.15) is 19.8 Å². The summed E-state index contributed by atoms with van der Waals surface area (Å²) < 4.78 is 46.2. The standard InChI is InChI=1S/C7H13ClF2O3S/c1-2-14(12,13)5-3-4-6(11)7(8,9)10/h6,11H,2-5H2,1H3. The molecule has 0 bridgehead atoms. The zero-order chi connectivity index (χ0) is 11.4. The molecule has 0 aromatic carbocycles. The summed E-state index contributed by atoms with van der Waals surface area (Å²) in [5.74, 6) is -0.228. The van der Waals surface area contributed by atoms with Crippen molar-refractivity contribution in [1.29, 1.82) is 0 Å². The van der Waals surface area contributed by atoms with Gasteiger partial charge in [0.2, 0.25) is 0 Å². The maximum atomic E-state index is 12.2. The van der Waals surface area contributed by atoms with Crippen LogP contribution in [0.2, 0.25) is 0 Å². The number of rotatable bonds is 6. The van der Waals surface area contributed by atoms with E-state index in [0.717, 1.165) is 0 Å². The van der Waals surface area contributed by atoms with Crippen molar-refractivity contribution in [2.75, 3.05) is 11.5 Å². The van der Waals surface area contributed by atoms with E-state index in [1.165, 1.54) is 6.92 Å². The first-order chi connectivity index (χ1) is 6.19. The zero-order valence-electron chi connectivity index (χ0n) is 7.71. The van der Waals surface area contributed by atoms with Gasteiger partial charge in [0.1, 0.15) is 15.9 Å². The summed E-state index contributed by atoms with van der Waals surface area (Å²) in [6.45, 7) is 1.47.